The van der Waals surface area contributed by atoms with Gasteiger partial charge in [-0.15, -0.1) is 11.3 Å². The summed E-state index contributed by atoms with van der Waals surface area (Å²) in [5, 5.41) is 14.3. The van der Waals surface area contributed by atoms with Crippen LogP contribution in [0.25, 0.3) is 0 Å². The van der Waals surface area contributed by atoms with Crippen LogP contribution >= 0.6 is 11.3 Å². The number of rotatable bonds is 6. The van der Waals surface area contributed by atoms with E-state index in [1.807, 2.05) is 6.92 Å². The fourth-order valence-corrected chi connectivity index (χ4v) is 3.62. The molecule has 0 aromatic carbocycles. The van der Waals surface area contributed by atoms with Gasteiger partial charge in [0.1, 0.15) is 5.00 Å². The lowest BCUT2D eigenvalue weighted by Crippen LogP contribution is -3.15. The molecule has 0 saturated carbocycles. The molecule has 1 aromatic rings. The van der Waals surface area contributed by atoms with Crippen molar-refractivity contribution in [2.75, 3.05) is 44.6 Å². The summed E-state index contributed by atoms with van der Waals surface area (Å²) in [7, 11) is 0. The summed E-state index contributed by atoms with van der Waals surface area (Å²) >= 11 is 1.31. The number of piperazine rings is 1. The number of nitrogens with zero attached hydrogens (tertiary/aromatic N) is 1. The molecule has 2 rings (SSSR count). The highest BCUT2D eigenvalue weighted by molar-refractivity contribution is 7.16. The third-order valence-corrected chi connectivity index (χ3v) is 5.22. The minimum atomic E-state index is -1.24. The summed E-state index contributed by atoms with van der Waals surface area (Å²) in [4.78, 5) is 27.8. The molecular weight excluding hydrogens is 302 g/mol. The number of quaternary nitrogens is 1. The van der Waals surface area contributed by atoms with Gasteiger partial charge in [-0.3, -0.25) is 9.69 Å². The molecule has 2 N–H and O–H groups in total. The van der Waals surface area contributed by atoms with Crippen LogP contribution in [0.2, 0.25) is 0 Å². The summed E-state index contributed by atoms with van der Waals surface area (Å²) in [5.41, 5.74) is 0.0843. The predicted molar refractivity (Wildman–Crippen MR) is 84.3 cm³/mol. The number of carboxylic acids is 1. The van der Waals surface area contributed by atoms with Crippen molar-refractivity contribution in [1.29, 1.82) is 0 Å². The molecule has 1 aliphatic heterocycles. The highest BCUT2D eigenvalue weighted by atomic mass is 32.1. The van der Waals surface area contributed by atoms with E-state index in [1.165, 1.54) is 16.2 Å². The molecule has 1 aromatic heterocycles. The topological polar surface area (TPSA) is 76.9 Å². The van der Waals surface area contributed by atoms with E-state index in [0.29, 0.717) is 11.5 Å². The fourth-order valence-electron chi connectivity index (χ4n) is 2.62. The molecule has 7 heteroatoms. The number of carbonyl (C=O) groups is 2. The van der Waals surface area contributed by atoms with E-state index < -0.39 is 5.97 Å². The molecule has 1 saturated heterocycles. The average molecular weight is 325 g/mol. The quantitative estimate of drug-likeness (QED) is 0.691. The summed E-state index contributed by atoms with van der Waals surface area (Å²) in [6, 6.07) is 1.59. The fraction of sp³-hybridized carbons (Fsp3) is 0.600. The molecular formula is C15H23N3O3S. The SMILES string of the molecule is CCc1cc(C(=O)[O-])c(NC(=O)C[NH+]2CCN(CC)CC2)s1. The van der Waals surface area contributed by atoms with E-state index in [2.05, 4.69) is 17.1 Å². The molecule has 1 fully saturated rings. The van der Waals surface area contributed by atoms with Crippen molar-refractivity contribution in [1.82, 2.24) is 4.90 Å². The molecule has 6 nitrogen and oxygen atoms in total. The zero-order valence-electron chi connectivity index (χ0n) is 13.1. The van der Waals surface area contributed by atoms with Gasteiger partial charge in [-0.25, -0.2) is 0 Å². The first-order valence-corrected chi connectivity index (χ1v) is 8.55. The van der Waals surface area contributed by atoms with Crippen molar-refractivity contribution in [2.45, 2.75) is 20.3 Å². The van der Waals surface area contributed by atoms with Crippen molar-refractivity contribution in [3.8, 4) is 0 Å². The van der Waals surface area contributed by atoms with Crippen molar-refractivity contribution in [2.24, 2.45) is 0 Å². The zero-order valence-corrected chi connectivity index (χ0v) is 13.9. The number of thiophene rings is 1. The van der Waals surface area contributed by atoms with Crippen molar-refractivity contribution < 1.29 is 19.6 Å². The van der Waals surface area contributed by atoms with Gasteiger partial charge in [-0.1, -0.05) is 13.8 Å². The minimum absolute atomic E-state index is 0.0843. The first kappa shape index (κ1) is 16.9. The molecule has 2 heterocycles. The maximum atomic E-state index is 12.2. The highest BCUT2D eigenvalue weighted by Crippen LogP contribution is 2.27. The van der Waals surface area contributed by atoms with Crippen LogP contribution < -0.4 is 15.3 Å². The second kappa shape index (κ2) is 7.71. The third kappa shape index (κ3) is 4.28. The number of anilines is 1. The molecule has 0 bridgehead atoms. The van der Waals surface area contributed by atoms with E-state index in [-0.39, 0.29) is 11.5 Å². The summed E-state index contributed by atoms with van der Waals surface area (Å²) in [5.74, 6) is -1.37. The Kier molecular flexibility index (Phi) is 5.93. The maximum absolute atomic E-state index is 12.2. The molecule has 1 aliphatic rings. The molecule has 0 radical (unpaired) electrons. The second-order valence-corrected chi connectivity index (χ2v) is 6.64. The van der Waals surface area contributed by atoms with Crippen molar-refractivity contribution in [3.63, 3.8) is 0 Å². The van der Waals surface area contributed by atoms with Crippen LogP contribution in [0.5, 0.6) is 0 Å². The number of carboxylic acid groups (broad SMARTS) is 1. The molecule has 0 spiro atoms. The smallest absolute Gasteiger partial charge is 0.280 e. The molecule has 0 atom stereocenters. The van der Waals surface area contributed by atoms with Gasteiger partial charge < -0.3 is 20.1 Å². The van der Waals surface area contributed by atoms with E-state index in [0.717, 1.165) is 44.0 Å². The van der Waals surface area contributed by atoms with E-state index in [1.54, 1.807) is 6.07 Å². The lowest BCUT2D eigenvalue weighted by molar-refractivity contribution is -0.896. The van der Waals surface area contributed by atoms with E-state index in [4.69, 9.17) is 0 Å². The van der Waals surface area contributed by atoms with Gasteiger partial charge in [-0.2, -0.15) is 0 Å². The summed E-state index contributed by atoms with van der Waals surface area (Å²) in [6.45, 7) is 9.41. The Morgan fingerprint density at radius 3 is 2.59 bits per heavy atom. The van der Waals surface area contributed by atoms with Crippen LogP contribution in [0.15, 0.2) is 6.07 Å². The van der Waals surface area contributed by atoms with Crippen molar-refractivity contribution in [3.05, 3.63) is 16.5 Å². The first-order valence-electron chi connectivity index (χ1n) is 7.73. The zero-order chi connectivity index (χ0) is 16.1. The van der Waals surface area contributed by atoms with Gasteiger partial charge in [0.2, 0.25) is 0 Å². The van der Waals surface area contributed by atoms with Crippen LogP contribution in [-0.2, 0) is 11.2 Å². The Labute approximate surface area is 134 Å². The van der Waals surface area contributed by atoms with E-state index in [9.17, 15) is 14.7 Å². The molecule has 1 amide bonds. The molecule has 0 aliphatic carbocycles. The number of amides is 1. The number of carbonyl (C=O) groups excluding carboxylic acids is 2. The maximum Gasteiger partial charge on any atom is 0.280 e. The molecule has 0 unspecified atom stereocenters. The summed E-state index contributed by atoms with van der Waals surface area (Å²) in [6.07, 6.45) is 0.741. The van der Waals surface area contributed by atoms with Crippen molar-refractivity contribution >= 4 is 28.2 Å². The van der Waals surface area contributed by atoms with Crippen LogP contribution in [0, 0.1) is 0 Å². The lowest BCUT2D eigenvalue weighted by atomic mass is 10.2. The van der Waals surface area contributed by atoms with Gasteiger partial charge in [-0.05, 0) is 19.0 Å². The Morgan fingerprint density at radius 2 is 2.05 bits per heavy atom. The molecule has 122 valence electrons. The van der Waals surface area contributed by atoms with Gasteiger partial charge >= 0.3 is 0 Å². The third-order valence-electron chi connectivity index (χ3n) is 4.03. The Bertz CT molecular complexity index is 536. The number of nitrogens with one attached hydrogen (secondary N) is 2. The predicted octanol–water partition coefficient (Wildman–Crippen LogP) is -1.17. The van der Waals surface area contributed by atoms with Gasteiger partial charge in [0.15, 0.2) is 6.54 Å². The second-order valence-electron chi connectivity index (χ2n) is 5.51. The molecule has 22 heavy (non-hydrogen) atoms. The minimum Gasteiger partial charge on any atom is -0.545 e. The largest absolute Gasteiger partial charge is 0.545 e. The van der Waals surface area contributed by atoms with Gasteiger partial charge in [0.05, 0.1) is 19.1 Å². The Balaban J connectivity index is 1.92. The van der Waals surface area contributed by atoms with E-state index >= 15 is 0 Å². The standard InChI is InChI=1S/C15H23N3O3S/c1-3-11-9-12(15(20)21)14(22-11)16-13(19)10-18-7-5-17(4-2)6-8-18/h9H,3-8,10H2,1-2H3,(H,16,19)(H,20,21). The number of aryl methyl sites for hydroxylation is 1. The van der Waals surface area contributed by atoms with Gasteiger partial charge in [0.25, 0.3) is 5.91 Å². The lowest BCUT2D eigenvalue weighted by Gasteiger charge is -2.30. The van der Waals surface area contributed by atoms with Gasteiger partial charge in [0, 0.05) is 23.5 Å². The van der Waals surface area contributed by atoms with Crippen LogP contribution in [-0.4, -0.2) is 56.0 Å². The monoisotopic (exact) mass is 325 g/mol. The summed E-state index contributed by atoms with van der Waals surface area (Å²) < 4.78 is 0. The average Bonchev–Trinajstić information content (AvgIpc) is 2.91. The van der Waals surface area contributed by atoms with Crippen LogP contribution in [0.3, 0.4) is 0 Å². The Morgan fingerprint density at radius 1 is 1.36 bits per heavy atom. The number of likely N-dealkylation sites (N-methyl/N-ethyl adjacent to an activating group) is 1. The van der Waals surface area contributed by atoms with Crippen LogP contribution in [0.4, 0.5) is 5.00 Å². The number of hydrogen-bond donors (Lipinski definition) is 2. The highest BCUT2D eigenvalue weighted by Gasteiger charge is 2.22. The number of aromatic carboxylic acids is 1. The number of hydrogen-bond acceptors (Lipinski definition) is 5. The Hall–Kier alpha value is -1.44. The normalized spacial score (nSPS) is 16.6. The first-order chi connectivity index (χ1) is 10.5. The van der Waals surface area contributed by atoms with Crippen LogP contribution in [0.1, 0.15) is 29.1 Å².